The van der Waals surface area contributed by atoms with Gasteiger partial charge in [-0.15, -0.1) is 0 Å². The van der Waals surface area contributed by atoms with E-state index in [1.54, 1.807) is 10.4 Å². The predicted molar refractivity (Wildman–Crippen MR) is 119 cm³/mol. The summed E-state index contributed by atoms with van der Waals surface area (Å²) in [7, 11) is -3.15. The highest BCUT2D eigenvalue weighted by Crippen LogP contribution is 2.32. The minimum absolute atomic E-state index is 0.141. The van der Waals surface area contributed by atoms with Gasteiger partial charge in [0.2, 0.25) is 10.0 Å². The van der Waals surface area contributed by atoms with Crippen LogP contribution in [0.4, 0.5) is 10.2 Å². The average molecular weight is 460 g/mol. The zero-order chi connectivity index (χ0) is 22.5. The van der Waals surface area contributed by atoms with Crippen molar-refractivity contribution in [3.63, 3.8) is 0 Å². The van der Waals surface area contributed by atoms with E-state index in [0.717, 1.165) is 29.8 Å². The van der Waals surface area contributed by atoms with Crippen molar-refractivity contribution >= 4 is 21.6 Å². The maximum atomic E-state index is 14.4. The number of sulfonamides is 1. The number of halogens is 1. The quantitative estimate of drug-likeness (QED) is 0.659. The van der Waals surface area contributed by atoms with E-state index < -0.39 is 15.8 Å². The third-order valence-electron chi connectivity index (χ3n) is 5.95. The normalized spacial score (nSPS) is 19.2. The summed E-state index contributed by atoms with van der Waals surface area (Å²) in [6, 6.07) is 5.04. The van der Waals surface area contributed by atoms with Gasteiger partial charge in [0.05, 0.1) is 29.3 Å². The van der Waals surface area contributed by atoms with Crippen LogP contribution in [0.15, 0.2) is 29.5 Å². The summed E-state index contributed by atoms with van der Waals surface area (Å²) >= 11 is 0. The van der Waals surface area contributed by atoms with Gasteiger partial charge in [0.25, 0.3) is 0 Å². The molecule has 2 fully saturated rings. The summed E-state index contributed by atoms with van der Waals surface area (Å²) in [5, 5.41) is -0.186. The molecule has 1 saturated heterocycles. The third kappa shape index (κ3) is 3.97. The molecule has 2 aromatic rings. The van der Waals surface area contributed by atoms with Crippen LogP contribution >= 0.6 is 0 Å². The average Bonchev–Trinajstić information content (AvgIpc) is 3.56. The molecule has 0 atom stereocenters. The van der Waals surface area contributed by atoms with Crippen molar-refractivity contribution in [2.45, 2.75) is 44.6 Å². The van der Waals surface area contributed by atoms with Gasteiger partial charge in [0, 0.05) is 37.8 Å². The van der Waals surface area contributed by atoms with Crippen LogP contribution in [-0.4, -0.2) is 65.9 Å². The largest absolute Gasteiger partial charge is 0.488 e. The van der Waals surface area contributed by atoms with Crippen molar-refractivity contribution in [1.29, 1.82) is 0 Å². The number of piperazine rings is 1. The molecule has 170 valence electrons. The van der Waals surface area contributed by atoms with Crippen LogP contribution < -0.4 is 9.64 Å². The highest BCUT2D eigenvalue weighted by Gasteiger charge is 2.41. The monoisotopic (exact) mass is 459 g/mol. The summed E-state index contributed by atoms with van der Waals surface area (Å²) < 4.78 is 46.5. The number of hydrogen-bond donors (Lipinski definition) is 0. The number of ether oxygens (including phenoxy) is 1. The molecular weight excluding hydrogens is 433 g/mol. The number of rotatable bonds is 6. The van der Waals surface area contributed by atoms with E-state index in [9.17, 15) is 12.8 Å². The molecule has 10 heteroatoms. The van der Waals surface area contributed by atoms with Gasteiger partial charge in [-0.25, -0.2) is 22.8 Å². The predicted octanol–water partition coefficient (Wildman–Crippen LogP) is 2.37. The van der Waals surface area contributed by atoms with Crippen LogP contribution in [0.25, 0.3) is 0 Å². The molecule has 0 unspecified atom stereocenters. The Morgan fingerprint density at radius 1 is 1.09 bits per heavy atom. The SMILES string of the molecule is CC(C)Oc1cc2c(cc1F)CN=C2c1cc(N2CCN(S(=O)(=O)C3CC3)CC2)ncn1. The molecule has 0 radical (unpaired) electrons. The molecule has 32 heavy (non-hydrogen) atoms. The molecule has 2 aliphatic heterocycles. The van der Waals surface area contributed by atoms with Crippen LogP contribution in [0.5, 0.6) is 5.75 Å². The number of benzene rings is 1. The van der Waals surface area contributed by atoms with Gasteiger partial charge in [0.15, 0.2) is 11.6 Å². The maximum Gasteiger partial charge on any atom is 0.217 e. The number of aromatic nitrogens is 2. The molecule has 1 aliphatic carbocycles. The first-order chi connectivity index (χ1) is 15.3. The lowest BCUT2D eigenvalue weighted by Crippen LogP contribution is -2.49. The van der Waals surface area contributed by atoms with E-state index in [-0.39, 0.29) is 17.1 Å². The smallest absolute Gasteiger partial charge is 0.217 e. The van der Waals surface area contributed by atoms with Crippen molar-refractivity contribution in [3.05, 3.63) is 47.2 Å². The second-order valence-corrected chi connectivity index (χ2v) is 10.9. The van der Waals surface area contributed by atoms with Crippen molar-refractivity contribution in [2.75, 3.05) is 31.1 Å². The molecule has 3 heterocycles. The first-order valence-electron chi connectivity index (χ1n) is 10.9. The van der Waals surface area contributed by atoms with Crippen LogP contribution in [-0.2, 0) is 16.6 Å². The fourth-order valence-corrected chi connectivity index (χ4v) is 5.98. The molecule has 0 amide bonds. The first kappa shape index (κ1) is 21.3. The van der Waals surface area contributed by atoms with Crippen LogP contribution in [0.3, 0.4) is 0 Å². The highest BCUT2D eigenvalue weighted by molar-refractivity contribution is 7.90. The number of hydrogen-bond acceptors (Lipinski definition) is 7. The van der Waals surface area contributed by atoms with E-state index in [0.29, 0.717) is 44.1 Å². The second kappa shape index (κ2) is 8.08. The van der Waals surface area contributed by atoms with E-state index in [1.807, 2.05) is 19.9 Å². The lowest BCUT2D eigenvalue weighted by molar-refractivity contribution is 0.231. The summed E-state index contributed by atoms with van der Waals surface area (Å²) in [6.07, 6.45) is 2.90. The van der Waals surface area contributed by atoms with Gasteiger partial charge in [-0.1, -0.05) is 0 Å². The molecular formula is C22H26FN5O3S. The lowest BCUT2D eigenvalue weighted by Gasteiger charge is -2.34. The Hall–Kier alpha value is -2.59. The zero-order valence-corrected chi connectivity index (χ0v) is 19.0. The fraction of sp³-hybridized carbons (Fsp3) is 0.500. The minimum Gasteiger partial charge on any atom is -0.488 e. The van der Waals surface area contributed by atoms with E-state index in [1.165, 1.54) is 12.4 Å². The van der Waals surface area contributed by atoms with Crippen LogP contribution in [0.2, 0.25) is 0 Å². The third-order valence-corrected chi connectivity index (χ3v) is 8.35. The second-order valence-electron chi connectivity index (χ2n) is 8.66. The Labute approximate surface area is 187 Å². The Kier molecular flexibility index (Phi) is 5.37. The van der Waals surface area contributed by atoms with Gasteiger partial charge in [-0.2, -0.15) is 4.31 Å². The maximum absolute atomic E-state index is 14.4. The van der Waals surface area contributed by atoms with Crippen molar-refractivity contribution in [3.8, 4) is 5.75 Å². The fourth-order valence-electron chi connectivity index (χ4n) is 4.16. The Morgan fingerprint density at radius 3 is 2.53 bits per heavy atom. The number of aliphatic imine (C=N–C) groups is 1. The van der Waals surface area contributed by atoms with Gasteiger partial charge in [-0.05, 0) is 44.4 Å². The number of nitrogens with zero attached hydrogens (tertiary/aromatic N) is 5. The molecule has 0 bridgehead atoms. The minimum atomic E-state index is -3.15. The standard InChI is InChI=1S/C22H26FN5O3S/c1-14(2)31-20-10-17-15(9-18(20)23)12-24-22(17)19-11-21(26-13-25-19)27-5-7-28(8-6-27)32(29,30)16-3-4-16/h9-11,13-14,16H,3-8,12H2,1-2H3. The molecule has 1 aromatic carbocycles. The molecule has 3 aliphatic rings. The Morgan fingerprint density at radius 2 is 1.84 bits per heavy atom. The van der Waals surface area contributed by atoms with Gasteiger partial charge in [-0.3, -0.25) is 4.99 Å². The lowest BCUT2D eigenvalue weighted by atomic mass is 10.0. The molecule has 5 rings (SSSR count). The molecule has 0 spiro atoms. The van der Waals surface area contributed by atoms with Crippen LogP contribution in [0, 0.1) is 5.82 Å². The first-order valence-corrected chi connectivity index (χ1v) is 12.4. The topological polar surface area (TPSA) is 88.0 Å². The number of fused-ring (bicyclic) bond motifs is 1. The molecule has 8 nitrogen and oxygen atoms in total. The summed E-state index contributed by atoms with van der Waals surface area (Å²) in [5.41, 5.74) is 2.95. The summed E-state index contributed by atoms with van der Waals surface area (Å²) in [6.45, 7) is 6.16. The number of anilines is 1. The van der Waals surface area contributed by atoms with Crippen molar-refractivity contribution in [2.24, 2.45) is 4.99 Å². The summed E-state index contributed by atoms with van der Waals surface area (Å²) in [4.78, 5) is 15.5. The molecule has 1 saturated carbocycles. The van der Waals surface area contributed by atoms with E-state index >= 15 is 0 Å². The molecule has 1 aromatic heterocycles. The Bertz CT molecular complexity index is 1170. The van der Waals surface area contributed by atoms with E-state index in [2.05, 4.69) is 19.9 Å². The Balaban J connectivity index is 1.35. The van der Waals surface area contributed by atoms with Gasteiger partial charge < -0.3 is 9.64 Å². The van der Waals surface area contributed by atoms with Crippen molar-refractivity contribution < 1.29 is 17.5 Å². The summed E-state index contributed by atoms with van der Waals surface area (Å²) in [5.74, 6) is 0.544. The van der Waals surface area contributed by atoms with Crippen LogP contribution in [0.1, 0.15) is 43.5 Å². The van der Waals surface area contributed by atoms with Crippen molar-refractivity contribution in [1.82, 2.24) is 14.3 Å². The molecule has 0 N–H and O–H groups in total. The van der Waals surface area contributed by atoms with E-state index in [4.69, 9.17) is 4.74 Å². The highest BCUT2D eigenvalue weighted by atomic mass is 32.2. The zero-order valence-electron chi connectivity index (χ0n) is 18.2. The van der Waals surface area contributed by atoms with Gasteiger partial charge in [0.1, 0.15) is 12.1 Å². The van der Waals surface area contributed by atoms with Gasteiger partial charge >= 0.3 is 0 Å².